The predicted octanol–water partition coefficient (Wildman–Crippen LogP) is 2.98. The van der Waals surface area contributed by atoms with Crippen molar-refractivity contribution in [3.8, 4) is 0 Å². The molecule has 6 rings (SSSR count). The quantitative estimate of drug-likeness (QED) is 0.485. The zero-order chi connectivity index (χ0) is 21.1. The minimum absolute atomic E-state index is 0.0552. The minimum atomic E-state index is -0.459. The number of methoxy groups -OCH3 is 1. The van der Waals surface area contributed by atoms with Gasteiger partial charge in [-0.2, -0.15) is 0 Å². The maximum Gasteiger partial charge on any atom is 0.309 e. The van der Waals surface area contributed by atoms with Crippen LogP contribution in [0.1, 0.15) is 58.8 Å². The summed E-state index contributed by atoms with van der Waals surface area (Å²) in [5.41, 5.74) is 0.262. The number of fused-ring (bicyclic) bond motifs is 9. The number of carbonyl (C=O) groups excluding carboxylic acids is 3. The van der Waals surface area contributed by atoms with E-state index in [2.05, 4.69) is 13.8 Å². The van der Waals surface area contributed by atoms with Crippen LogP contribution in [0, 0.1) is 34.5 Å². The van der Waals surface area contributed by atoms with Gasteiger partial charge in [-0.1, -0.05) is 19.4 Å². The van der Waals surface area contributed by atoms with Gasteiger partial charge in [-0.25, -0.2) is 0 Å². The summed E-state index contributed by atoms with van der Waals surface area (Å²) < 4.78 is 17.7. The molecule has 1 spiro atoms. The number of allylic oxidation sites excluding steroid dienone is 1. The summed E-state index contributed by atoms with van der Waals surface area (Å²) in [6.07, 6.45) is 6.91. The number of ketones is 1. The van der Waals surface area contributed by atoms with Crippen LogP contribution in [-0.4, -0.2) is 42.6 Å². The van der Waals surface area contributed by atoms with E-state index in [4.69, 9.17) is 14.2 Å². The smallest absolute Gasteiger partial charge is 0.309 e. The summed E-state index contributed by atoms with van der Waals surface area (Å²) in [6.45, 7) is 4.52. The third-order valence-electron chi connectivity index (χ3n) is 10.1. The van der Waals surface area contributed by atoms with Gasteiger partial charge in [-0.3, -0.25) is 14.4 Å². The van der Waals surface area contributed by atoms with Crippen LogP contribution in [0.4, 0.5) is 0 Å². The number of hydrogen-bond donors (Lipinski definition) is 0. The second-order valence-corrected chi connectivity index (χ2v) is 10.9. The van der Waals surface area contributed by atoms with Crippen LogP contribution < -0.4 is 0 Å². The highest BCUT2D eigenvalue weighted by Crippen LogP contribution is 2.75. The molecule has 4 unspecified atom stereocenters. The standard InChI is InChI=1S/C24H30O6/c1-22-7-4-13(25)10-12(22)11-14(21(27)28-3)17-15-5-8-24(9-6-16(26)30-24)23(15,2)20-19(29-20)18(17)22/h10,14-15,17-20H,4-9,11H2,1-3H3/t14-,15?,17?,18?,19?,20+,22-,23+,24-/m0/s1. The van der Waals surface area contributed by atoms with E-state index in [1.165, 1.54) is 7.11 Å². The van der Waals surface area contributed by atoms with E-state index < -0.39 is 5.60 Å². The van der Waals surface area contributed by atoms with Crippen molar-refractivity contribution in [1.29, 1.82) is 0 Å². The second-order valence-electron chi connectivity index (χ2n) is 10.9. The number of carbonyl (C=O) groups is 3. The van der Waals surface area contributed by atoms with Crippen molar-refractivity contribution in [2.45, 2.75) is 76.6 Å². The van der Waals surface area contributed by atoms with Crippen LogP contribution in [0.25, 0.3) is 0 Å². The Morgan fingerprint density at radius 2 is 1.97 bits per heavy atom. The number of epoxide rings is 1. The van der Waals surface area contributed by atoms with Crippen LogP contribution >= 0.6 is 0 Å². The number of ether oxygens (including phenoxy) is 3. The predicted molar refractivity (Wildman–Crippen MR) is 105 cm³/mol. The van der Waals surface area contributed by atoms with Gasteiger partial charge < -0.3 is 14.2 Å². The molecule has 0 bridgehead atoms. The van der Waals surface area contributed by atoms with Crippen molar-refractivity contribution in [1.82, 2.24) is 0 Å². The topological polar surface area (TPSA) is 82.2 Å². The van der Waals surface area contributed by atoms with Crippen molar-refractivity contribution in [2.75, 3.05) is 7.11 Å². The fourth-order valence-electron chi connectivity index (χ4n) is 8.62. The molecule has 6 heteroatoms. The van der Waals surface area contributed by atoms with Crippen molar-refractivity contribution >= 4 is 17.7 Å². The van der Waals surface area contributed by atoms with E-state index in [0.717, 1.165) is 31.3 Å². The Kier molecular flexibility index (Phi) is 3.65. The molecule has 30 heavy (non-hydrogen) atoms. The van der Waals surface area contributed by atoms with Crippen LogP contribution in [-0.2, 0) is 28.6 Å². The average molecular weight is 414 g/mol. The molecule has 2 heterocycles. The molecule has 0 aromatic carbocycles. The van der Waals surface area contributed by atoms with Gasteiger partial charge >= 0.3 is 11.9 Å². The molecule has 3 saturated carbocycles. The molecule has 6 nitrogen and oxygen atoms in total. The van der Waals surface area contributed by atoms with Crippen molar-refractivity contribution in [3.05, 3.63) is 11.6 Å². The van der Waals surface area contributed by atoms with Crippen LogP contribution in [0.2, 0.25) is 0 Å². The second kappa shape index (κ2) is 5.76. The van der Waals surface area contributed by atoms with E-state index in [1.54, 1.807) is 6.08 Å². The summed E-state index contributed by atoms with van der Waals surface area (Å²) in [6, 6.07) is 0. The fraction of sp³-hybridized carbons (Fsp3) is 0.792. The van der Waals surface area contributed by atoms with Gasteiger partial charge in [0.15, 0.2) is 5.78 Å². The van der Waals surface area contributed by atoms with Crippen molar-refractivity contribution in [2.24, 2.45) is 34.5 Å². The van der Waals surface area contributed by atoms with Gasteiger partial charge in [0.1, 0.15) is 5.60 Å². The van der Waals surface area contributed by atoms with Crippen LogP contribution in [0.15, 0.2) is 11.6 Å². The first-order valence-corrected chi connectivity index (χ1v) is 11.4. The Hall–Kier alpha value is -1.69. The van der Waals surface area contributed by atoms with Gasteiger partial charge in [-0.05, 0) is 55.4 Å². The largest absolute Gasteiger partial charge is 0.469 e. The van der Waals surface area contributed by atoms with Gasteiger partial charge in [0, 0.05) is 24.2 Å². The highest BCUT2D eigenvalue weighted by atomic mass is 16.6. The van der Waals surface area contributed by atoms with Crippen molar-refractivity contribution in [3.63, 3.8) is 0 Å². The SMILES string of the molecule is COC(=O)[C@H]1CC2=CC(=O)CC[C@]2(C)C2C1C1CC[C@]3(CCC(=O)O3)[C@@]1(C)[C@@H]1OC21. The Morgan fingerprint density at radius 1 is 1.17 bits per heavy atom. The lowest BCUT2D eigenvalue weighted by Gasteiger charge is -2.58. The maximum atomic E-state index is 13.0. The van der Waals surface area contributed by atoms with E-state index in [1.807, 2.05) is 0 Å². The molecule has 2 saturated heterocycles. The monoisotopic (exact) mass is 414 g/mol. The van der Waals surface area contributed by atoms with Crippen LogP contribution in [0.3, 0.4) is 0 Å². The molecule has 0 aromatic rings. The zero-order valence-electron chi connectivity index (χ0n) is 17.9. The van der Waals surface area contributed by atoms with E-state index >= 15 is 0 Å². The molecule has 9 atom stereocenters. The third-order valence-corrected chi connectivity index (χ3v) is 10.1. The summed E-state index contributed by atoms with van der Waals surface area (Å²) in [5, 5.41) is 0. The minimum Gasteiger partial charge on any atom is -0.469 e. The summed E-state index contributed by atoms with van der Waals surface area (Å²) in [5.74, 6) is 0.176. The molecule has 0 radical (unpaired) electrons. The first-order chi connectivity index (χ1) is 14.2. The lowest BCUT2D eigenvalue weighted by molar-refractivity contribution is -0.172. The molecule has 6 aliphatic rings. The molecule has 4 aliphatic carbocycles. The number of rotatable bonds is 1. The zero-order valence-corrected chi connectivity index (χ0v) is 17.9. The Morgan fingerprint density at radius 3 is 2.67 bits per heavy atom. The first-order valence-electron chi connectivity index (χ1n) is 11.4. The lowest BCUT2D eigenvalue weighted by atomic mass is 9.44. The summed E-state index contributed by atoms with van der Waals surface area (Å²) in [7, 11) is 1.46. The number of esters is 2. The number of hydrogen-bond acceptors (Lipinski definition) is 6. The third kappa shape index (κ3) is 2.07. The molecule has 0 N–H and O–H groups in total. The Bertz CT molecular complexity index is 892. The molecule has 2 aliphatic heterocycles. The highest BCUT2D eigenvalue weighted by molar-refractivity contribution is 5.92. The molecule has 5 fully saturated rings. The molecule has 0 aromatic heterocycles. The van der Waals surface area contributed by atoms with Gasteiger partial charge in [0.2, 0.25) is 0 Å². The average Bonchev–Trinajstić information content (AvgIpc) is 3.35. The molecule has 162 valence electrons. The van der Waals surface area contributed by atoms with Gasteiger partial charge in [-0.15, -0.1) is 0 Å². The Balaban J connectivity index is 1.48. The van der Waals surface area contributed by atoms with Gasteiger partial charge in [0.05, 0.1) is 25.2 Å². The first kappa shape index (κ1) is 19.0. The van der Waals surface area contributed by atoms with E-state index in [0.29, 0.717) is 19.3 Å². The molecule has 0 amide bonds. The fourth-order valence-corrected chi connectivity index (χ4v) is 8.62. The van der Waals surface area contributed by atoms with E-state index in [-0.39, 0.29) is 64.4 Å². The summed E-state index contributed by atoms with van der Waals surface area (Å²) >= 11 is 0. The molecular formula is C24H30O6. The lowest BCUT2D eigenvalue weighted by Crippen LogP contribution is -2.61. The van der Waals surface area contributed by atoms with Crippen LogP contribution in [0.5, 0.6) is 0 Å². The maximum absolute atomic E-state index is 13.0. The van der Waals surface area contributed by atoms with Crippen molar-refractivity contribution < 1.29 is 28.6 Å². The van der Waals surface area contributed by atoms with E-state index in [9.17, 15) is 14.4 Å². The normalized spacial score (nSPS) is 53.2. The Labute approximate surface area is 176 Å². The molecular weight excluding hydrogens is 384 g/mol. The van der Waals surface area contributed by atoms with Gasteiger partial charge in [0.25, 0.3) is 0 Å². The summed E-state index contributed by atoms with van der Waals surface area (Å²) in [4.78, 5) is 37.4. The highest BCUT2D eigenvalue weighted by Gasteiger charge is 2.79.